The van der Waals surface area contributed by atoms with Crippen LogP contribution in [0, 0.1) is 5.92 Å². The Morgan fingerprint density at radius 2 is 1.73 bits per heavy atom. The lowest BCUT2D eigenvalue weighted by atomic mass is 9.77. The van der Waals surface area contributed by atoms with Crippen molar-refractivity contribution in [2.24, 2.45) is 5.92 Å². The minimum Gasteiger partial charge on any atom is -0.207 e. The van der Waals surface area contributed by atoms with Crippen LogP contribution >= 0.6 is 0 Å². The van der Waals surface area contributed by atoms with Gasteiger partial charge in [0, 0.05) is 5.56 Å². The van der Waals surface area contributed by atoms with Gasteiger partial charge in [0.15, 0.2) is 0 Å². The lowest BCUT2D eigenvalue weighted by Crippen LogP contribution is -2.13. The third-order valence-corrected chi connectivity index (χ3v) is 5.08. The molecule has 0 bridgehead atoms. The molecule has 122 valence electrons. The molecule has 0 aromatic heterocycles. The average molecular weight is 302 g/mol. The molecule has 0 aliphatic heterocycles. The van der Waals surface area contributed by atoms with Crippen molar-refractivity contribution in [1.29, 1.82) is 0 Å². The van der Waals surface area contributed by atoms with E-state index >= 15 is 0 Å². The fourth-order valence-electron chi connectivity index (χ4n) is 3.66. The van der Waals surface area contributed by atoms with Crippen molar-refractivity contribution in [3.8, 4) is 0 Å². The van der Waals surface area contributed by atoms with Gasteiger partial charge < -0.3 is 0 Å². The first-order valence-electron chi connectivity index (χ1n) is 9.20. The van der Waals surface area contributed by atoms with Gasteiger partial charge in [0.25, 0.3) is 0 Å². The minimum absolute atomic E-state index is 0.0633. The summed E-state index contributed by atoms with van der Waals surface area (Å²) in [6.07, 6.45) is 12.8. The fraction of sp³-hybridized carbons (Fsp3) is 0.619. The number of hydrogen-bond donors (Lipinski definition) is 0. The van der Waals surface area contributed by atoms with E-state index in [1.54, 1.807) is 6.08 Å². The molecule has 1 aromatic rings. The summed E-state index contributed by atoms with van der Waals surface area (Å²) in [4.78, 5) is 0. The normalized spacial score (nSPS) is 22.8. The van der Waals surface area contributed by atoms with Gasteiger partial charge in [-0.3, -0.25) is 0 Å². The summed E-state index contributed by atoms with van der Waals surface area (Å²) in [6, 6.07) is 8.22. The van der Waals surface area contributed by atoms with Crippen molar-refractivity contribution in [2.75, 3.05) is 0 Å². The molecule has 1 fully saturated rings. The highest BCUT2D eigenvalue weighted by molar-refractivity contribution is 5.59. The van der Waals surface area contributed by atoms with Gasteiger partial charge in [0.2, 0.25) is 0 Å². The van der Waals surface area contributed by atoms with E-state index in [1.807, 2.05) is 12.1 Å². The quantitative estimate of drug-likeness (QED) is 0.465. The molecule has 0 atom stereocenters. The van der Waals surface area contributed by atoms with Crippen LogP contribution in [-0.2, 0) is 0 Å². The fourth-order valence-corrected chi connectivity index (χ4v) is 3.66. The number of unbranched alkanes of at least 4 members (excludes halogenated alkanes) is 2. The molecule has 1 saturated carbocycles. The van der Waals surface area contributed by atoms with Gasteiger partial charge in [0.1, 0.15) is 5.83 Å². The van der Waals surface area contributed by atoms with Crippen LogP contribution < -0.4 is 0 Å². The Morgan fingerprint density at radius 3 is 2.32 bits per heavy atom. The lowest BCUT2D eigenvalue weighted by Gasteiger charge is -2.28. The molecule has 1 aliphatic rings. The number of rotatable bonds is 7. The molecular formula is C21H31F. The molecule has 0 N–H and O–H groups in total. The monoisotopic (exact) mass is 302 g/mol. The number of hydrogen-bond acceptors (Lipinski definition) is 0. The van der Waals surface area contributed by atoms with E-state index in [0.29, 0.717) is 5.92 Å². The summed E-state index contributed by atoms with van der Waals surface area (Å²) in [5.41, 5.74) is 2.14. The SMILES string of the molecule is CCCC/C=C(/F)c1ccc(C2CCC(CCC)CC2)cc1. The van der Waals surface area contributed by atoms with Gasteiger partial charge >= 0.3 is 0 Å². The van der Waals surface area contributed by atoms with Crippen LogP contribution in [-0.4, -0.2) is 0 Å². The first kappa shape index (κ1) is 17.2. The Hall–Kier alpha value is -1.11. The van der Waals surface area contributed by atoms with Crippen LogP contribution in [0.15, 0.2) is 30.3 Å². The van der Waals surface area contributed by atoms with Crippen molar-refractivity contribution < 1.29 is 4.39 Å². The second-order valence-electron chi connectivity index (χ2n) is 6.82. The third-order valence-electron chi connectivity index (χ3n) is 5.08. The number of halogens is 1. The van der Waals surface area contributed by atoms with E-state index in [4.69, 9.17) is 0 Å². The minimum atomic E-state index is -0.0633. The highest BCUT2D eigenvalue weighted by Gasteiger charge is 2.21. The smallest absolute Gasteiger partial charge is 0.126 e. The van der Waals surface area contributed by atoms with Crippen molar-refractivity contribution in [1.82, 2.24) is 0 Å². The van der Waals surface area contributed by atoms with E-state index in [1.165, 1.54) is 44.1 Å². The topological polar surface area (TPSA) is 0 Å². The van der Waals surface area contributed by atoms with Crippen LogP contribution in [0.4, 0.5) is 4.39 Å². The summed E-state index contributed by atoms with van der Waals surface area (Å²) in [6.45, 7) is 4.42. The molecule has 22 heavy (non-hydrogen) atoms. The maximum atomic E-state index is 14.0. The number of allylic oxidation sites excluding steroid dienone is 1. The average Bonchev–Trinajstić information content (AvgIpc) is 2.56. The molecule has 0 saturated heterocycles. The van der Waals surface area contributed by atoms with Crippen molar-refractivity contribution in [3.05, 3.63) is 41.5 Å². The standard InChI is InChI=1S/C21H31F/c1-3-5-6-8-21(22)20-15-13-19(14-16-20)18-11-9-17(7-4-2)10-12-18/h8,13-18H,3-7,9-12H2,1-2H3/b21-8+. The van der Waals surface area contributed by atoms with Gasteiger partial charge in [-0.25, -0.2) is 4.39 Å². The molecule has 1 aliphatic carbocycles. The zero-order chi connectivity index (χ0) is 15.8. The van der Waals surface area contributed by atoms with E-state index in [2.05, 4.69) is 26.0 Å². The third kappa shape index (κ3) is 4.97. The highest BCUT2D eigenvalue weighted by atomic mass is 19.1. The Kier molecular flexibility index (Phi) is 7.15. The van der Waals surface area contributed by atoms with Gasteiger partial charge in [-0.05, 0) is 62.0 Å². The summed E-state index contributed by atoms with van der Waals surface area (Å²) in [5, 5.41) is 0. The van der Waals surface area contributed by atoms with Gasteiger partial charge in [-0.1, -0.05) is 57.4 Å². The maximum Gasteiger partial charge on any atom is 0.126 e. The lowest BCUT2D eigenvalue weighted by molar-refractivity contribution is 0.308. The second kappa shape index (κ2) is 9.12. The predicted molar refractivity (Wildman–Crippen MR) is 94.7 cm³/mol. The molecule has 1 aromatic carbocycles. The second-order valence-corrected chi connectivity index (χ2v) is 6.82. The van der Waals surface area contributed by atoms with E-state index in [9.17, 15) is 4.39 Å². The zero-order valence-electron chi connectivity index (χ0n) is 14.3. The maximum absolute atomic E-state index is 14.0. The summed E-state index contributed by atoms with van der Waals surface area (Å²) >= 11 is 0. The van der Waals surface area contributed by atoms with Crippen LogP contribution in [0.5, 0.6) is 0 Å². The largest absolute Gasteiger partial charge is 0.207 e. The van der Waals surface area contributed by atoms with E-state index < -0.39 is 0 Å². The predicted octanol–water partition coefficient (Wildman–Crippen LogP) is 7.26. The van der Waals surface area contributed by atoms with Crippen molar-refractivity contribution >= 4 is 5.83 Å². The van der Waals surface area contributed by atoms with Gasteiger partial charge in [0.05, 0.1) is 0 Å². The molecule has 0 unspecified atom stereocenters. The van der Waals surface area contributed by atoms with Crippen LogP contribution in [0.25, 0.3) is 5.83 Å². The molecule has 1 heteroatoms. The first-order chi connectivity index (χ1) is 10.7. The molecule has 2 rings (SSSR count). The molecular weight excluding hydrogens is 271 g/mol. The number of benzene rings is 1. The van der Waals surface area contributed by atoms with E-state index in [0.717, 1.165) is 30.7 Å². The first-order valence-corrected chi connectivity index (χ1v) is 9.20. The van der Waals surface area contributed by atoms with Crippen molar-refractivity contribution in [3.63, 3.8) is 0 Å². The highest BCUT2D eigenvalue weighted by Crippen LogP contribution is 2.37. The molecule has 0 nitrogen and oxygen atoms in total. The Morgan fingerprint density at radius 1 is 1.05 bits per heavy atom. The van der Waals surface area contributed by atoms with Crippen LogP contribution in [0.2, 0.25) is 0 Å². The molecule has 0 heterocycles. The molecule has 0 spiro atoms. The Bertz CT molecular complexity index is 449. The van der Waals surface area contributed by atoms with Crippen molar-refractivity contribution in [2.45, 2.75) is 77.6 Å². The summed E-state index contributed by atoms with van der Waals surface area (Å²) in [5.74, 6) is 1.57. The van der Waals surface area contributed by atoms with Crippen LogP contribution in [0.1, 0.15) is 88.7 Å². The summed E-state index contributed by atoms with van der Waals surface area (Å²) < 4.78 is 14.0. The van der Waals surface area contributed by atoms with Gasteiger partial charge in [-0.2, -0.15) is 0 Å². The van der Waals surface area contributed by atoms with E-state index in [-0.39, 0.29) is 5.83 Å². The molecule has 0 radical (unpaired) electrons. The zero-order valence-corrected chi connectivity index (χ0v) is 14.3. The Labute approximate surface area is 135 Å². The van der Waals surface area contributed by atoms with Gasteiger partial charge in [-0.15, -0.1) is 0 Å². The Balaban J connectivity index is 1.91. The molecule has 0 amide bonds. The van der Waals surface area contributed by atoms with Crippen LogP contribution in [0.3, 0.4) is 0 Å². The summed E-state index contributed by atoms with van der Waals surface area (Å²) in [7, 11) is 0.